The average molecular weight is 358 g/mol. The van der Waals surface area contributed by atoms with Gasteiger partial charge in [-0.05, 0) is 37.5 Å². The summed E-state index contributed by atoms with van der Waals surface area (Å²) in [5, 5.41) is 13.4. The second-order valence-corrected chi connectivity index (χ2v) is 6.62. The van der Waals surface area contributed by atoms with Gasteiger partial charge in [-0.3, -0.25) is 0 Å². The Hall–Kier alpha value is -2.36. The molecule has 7 heteroatoms. The number of nitriles is 1. The van der Waals surface area contributed by atoms with Crippen LogP contribution < -0.4 is 11.1 Å². The van der Waals surface area contributed by atoms with Gasteiger partial charge in [0.2, 0.25) is 0 Å². The van der Waals surface area contributed by atoms with Gasteiger partial charge in [0, 0.05) is 31.5 Å². The van der Waals surface area contributed by atoms with Gasteiger partial charge in [0.25, 0.3) is 0 Å². The van der Waals surface area contributed by atoms with Crippen molar-refractivity contribution in [3.05, 3.63) is 35.5 Å². The summed E-state index contributed by atoms with van der Waals surface area (Å²) < 4.78 is 5.48. The van der Waals surface area contributed by atoms with Gasteiger partial charge in [-0.2, -0.15) is 5.26 Å². The maximum atomic E-state index is 9.64. The van der Waals surface area contributed by atoms with Gasteiger partial charge in [0.15, 0.2) is 0 Å². The largest absolute Gasteiger partial charge is 0.384 e. The molecule has 0 aromatic carbocycles. The molecular weight excluding hydrogens is 338 g/mol. The fourth-order valence-corrected chi connectivity index (χ4v) is 3.13. The van der Waals surface area contributed by atoms with E-state index in [9.17, 15) is 5.26 Å². The molecule has 6 nitrogen and oxygen atoms in total. The maximum Gasteiger partial charge on any atom is 0.126 e. The molecule has 25 heavy (non-hydrogen) atoms. The van der Waals surface area contributed by atoms with Crippen LogP contribution in [0, 0.1) is 16.7 Å². The number of anilines is 2. The van der Waals surface area contributed by atoms with Gasteiger partial charge in [-0.15, -0.1) is 0 Å². The van der Waals surface area contributed by atoms with Crippen LogP contribution >= 0.6 is 11.6 Å². The predicted octanol–water partition coefficient (Wildman–Crippen LogP) is 3.50. The van der Waals surface area contributed by atoms with E-state index in [4.69, 9.17) is 22.1 Å². The van der Waals surface area contributed by atoms with E-state index in [1.807, 2.05) is 18.2 Å². The van der Waals surface area contributed by atoms with E-state index in [2.05, 4.69) is 21.4 Å². The van der Waals surface area contributed by atoms with Crippen molar-refractivity contribution < 1.29 is 4.74 Å². The summed E-state index contributed by atoms with van der Waals surface area (Å²) in [5.74, 6) is 1.09. The fraction of sp³-hybridized carbons (Fsp3) is 0.389. The molecule has 0 saturated carbocycles. The monoisotopic (exact) mass is 357 g/mol. The molecule has 1 unspecified atom stereocenters. The van der Waals surface area contributed by atoms with Crippen molar-refractivity contribution in [1.82, 2.24) is 9.97 Å². The van der Waals surface area contributed by atoms with Crippen molar-refractivity contribution in [2.45, 2.75) is 19.3 Å². The number of ether oxygens (including phenoxy) is 1. The molecule has 2 aromatic heterocycles. The smallest absolute Gasteiger partial charge is 0.126 e. The standard InChI is InChI=1S/C18H20ClN5O/c19-14-10-22-16(21)9-13(14)15-3-1-4-17(24-15)23-12-18(11-20)5-2-7-25-8-6-18/h1,3-4,9-10H,2,5-8,12H2,(H2,21,22)(H,23,24). The summed E-state index contributed by atoms with van der Waals surface area (Å²) in [6.45, 7) is 1.88. The van der Waals surface area contributed by atoms with E-state index in [-0.39, 0.29) is 0 Å². The van der Waals surface area contributed by atoms with Crippen LogP contribution in [0.3, 0.4) is 0 Å². The molecule has 0 aliphatic carbocycles. The van der Waals surface area contributed by atoms with Gasteiger partial charge in [-0.1, -0.05) is 17.7 Å². The van der Waals surface area contributed by atoms with E-state index in [1.165, 1.54) is 6.20 Å². The first-order chi connectivity index (χ1) is 12.1. The summed E-state index contributed by atoms with van der Waals surface area (Å²) in [6.07, 6.45) is 3.96. The minimum absolute atomic E-state index is 0.390. The zero-order valence-electron chi connectivity index (χ0n) is 13.8. The number of rotatable bonds is 4. The average Bonchev–Trinajstić information content (AvgIpc) is 2.88. The highest BCUT2D eigenvalue weighted by atomic mass is 35.5. The van der Waals surface area contributed by atoms with Crippen molar-refractivity contribution >= 4 is 23.2 Å². The molecule has 3 N–H and O–H groups in total. The number of halogens is 1. The van der Waals surface area contributed by atoms with Crippen LogP contribution in [0.1, 0.15) is 19.3 Å². The van der Waals surface area contributed by atoms with Gasteiger partial charge in [-0.25, -0.2) is 9.97 Å². The van der Waals surface area contributed by atoms with E-state index >= 15 is 0 Å². The van der Waals surface area contributed by atoms with Crippen LogP contribution in [0.2, 0.25) is 5.02 Å². The Morgan fingerprint density at radius 3 is 3.08 bits per heavy atom. The lowest BCUT2D eigenvalue weighted by Crippen LogP contribution is -2.29. The first-order valence-corrected chi connectivity index (χ1v) is 8.61. The van der Waals surface area contributed by atoms with Crippen molar-refractivity contribution in [2.24, 2.45) is 5.41 Å². The minimum atomic E-state index is -0.424. The normalized spacial score (nSPS) is 20.5. The first-order valence-electron chi connectivity index (χ1n) is 8.23. The number of nitrogen functional groups attached to an aromatic ring is 1. The second kappa shape index (κ2) is 7.68. The van der Waals surface area contributed by atoms with Crippen LogP contribution in [0.15, 0.2) is 30.5 Å². The van der Waals surface area contributed by atoms with Crippen molar-refractivity contribution in [1.29, 1.82) is 5.26 Å². The number of nitrogens with one attached hydrogen (secondary N) is 1. The lowest BCUT2D eigenvalue weighted by Gasteiger charge is -2.24. The van der Waals surface area contributed by atoms with Crippen LogP contribution in [-0.4, -0.2) is 29.7 Å². The molecule has 1 atom stereocenters. The molecule has 130 valence electrons. The number of aromatic nitrogens is 2. The Morgan fingerprint density at radius 1 is 1.36 bits per heavy atom. The molecule has 0 amide bonds. The summed E-state index contributed by atoms with van der Waals surface area (Å²) in [5.41, 5.74) is 6.76. The van der Waals surface area contributed by atoms with Crippen LogP contribution in [0.4, 0.5) is 11.6 Å². The zero-order chi connectivity index (χ0) is 17.7. The molecular formula is C18H20ClN5O. The Balaban J connectivity index is 1.78. The van der Waals surface area contributed by atoms with Crippen molar-refractivity contribution in [3.63, 3.8) is 0 Å². The Bertz CT molecular complexity index is 781. The third-order valence-electron chi connectivity index (χ3n) is 4.42. The highest BCUT2D eigenvalue weighted by molar-refractivity contribution is 6.33. The van der Waals surface area contributed by atoms with Crippen molar-refractivity contribution in [2.75, 3.05) is 30.8 Å². The third-order valence-corrected chi connectivity index (χ3v) is 4.72. The molecule has 0 radical (unpaired) electrons. The highest BCUT2D eigenvalue weighted by Gasteiger charge is 2.31. The molecule has 2 aromatic rings. The highest BCUT2D eigenvalue weighted by Crippen LogP contribution is 2.31. The Labute approximate surface area is 152 Å². The molecule has 3 rings (SSSR count). The Morgan fingerprint density at radius 2 is 2.24 bits per heavy atom. The summed E-state index contributed by atoms with van der Waals surface area (Å²) in [7, 11) is 0. The summed E-state index contributed by atoms with van der Waals surface area (Å²) in [6, 6.07) is 9.81. The van der Waals surface area contributed by atoms with E-state index in [0.29, 0.717) is 35.5 Å². The van der Waals surface area contributed by atoms with Gasteiger partial charge < -0.3 is 15.8 Å². The number of hydrogen-bond acceptors (Lipinski definition) is 6. The molecule has 1 aliphatic heterocycles. The number of nitrogens with two attached hydrogens (primary N) is 1. The predicted molar refractivity (Wildman–Crippen MR) is 98.1 cm³/mol. The van der Waals surface area contributed by atoms with Crippen molar-refractivity contribution in [3.8, 4) is 17.3 Å². The van der Waals surface area contributed by atoms with Crippen LogP contribution in [0.25, 0.3) is 11.3 Å². The Kier molecular flexibility index (Phi) is 5.37. The molecule has 1 fully saturated rings. The second-order valence-electron chi connectivity index (χ2n) is 6.21. The first kappa shape index (κ1) is 17.5. The lowest BCUT2D eigenvalue weighted by atomic mass is 9.82. The van der Waals surface area contributed by atoms with Gasteiger partial charge in [0.05, 0.1) is 22.2 Å². The van der Waals surface area contributed by atoms with E-state index in [1.54, 1.807) is 6.07 Å². The molecule has 1 saturated heterocycles. The molecule has 0 bridgehead atoms. The van der Waals surface area contributed by atoms with Gasteiger partial charge >= 0.3 is 0 Å². The summed E-state index contributed by atoms with van der Waals surface area (Å²) >= 11 is 6.21. The zero-order valence-corrected chi connectivity index (χ0v) is 14.6. The number of hydrogen-bond donors (Lipinski definition) is 2. The van der Waals surface area contributed by atoms with Gasteiger partial charge in [0.1, 0.15) is 11.6 Å². The van der Waals surface area contributed by atoms with E-state index in [0.717, 1.165) is 31.4 Å². The lowest BCUT2D eigenvalue weighted by molar-refractivity contribution is 0.138. The molecule has 1 aliphatic rings. The number of nitrogens with zero attached hydrogens (tertiary/aromatic N) is 3. The van der Waals surface area contributed by atoms with E-state index < -0.39 is 5.41 Å². The molecule has 0 spiro atoms. The van der Waals surface area contributed by atoms with Crippen LogP contribution in [-0.2, 0) is 4.74 Å². The number of pyridine rings is 2. The maximum absolute atomic E-state index is 9.64. The topological polar surface area (TPSA) is 96.9 Å². The van der Waals surface area contributed by atoms with Crippen LogP contribution in [0.5, 0.6) is 0 Å². The minimum Gasteiger partial charge on any atom is -0.384 e. The third kappa shape index (κ3) is 4.19. The SMILES string of the molecule is N#CC1(CNc2cccc(-c3cc(N)ncc3Cl)n2)CCCOCC1. The fourth-order valence-electron chi connectivity index (χ4n) is 2.93. The summed E-state index contributed by atoms with van der Waals surface area (Å²) in [4.78, 5) is 8.57. The molecule has 3 heterocycles. The quantitative estimate of drug-likeness (QED) is 0.869.